The van der Waals surface area contributed by atoms with E-state index in [1.807, 2.05) is 24.8 Å². The fourth-order valence-corrected chi connectivity index (χ4v) is 2.79. The summed E-state index contributed by atoms with van der Waals surface area (Å²) in [6.45, 7) is 5.86. The van der Waals surface area contributed by atoms with Crippen molar-refractivity contribution < 1.29 is 14.3 Å². The zero-order chi connectivity index (χ0) is 15.3. The Hall–Kier alpha value is -1.69. The third kappa shape index (κ3) is 3.50. The molecule has 0 radical (unpaired) electrons. The Kier molecular flexibility index (Phi) is 5.12. The van der Waals surface area contributed by atoms with Crippen LogP contribution in [0, 0.1) is 12.3 Å². The standard InChI is InChI=1S/C15H23N3O3/c1-4-21-13(19)15(11-20-3)7-5-9-18(10-15)14-16-8-6-12(2)17-14/h6,8H,4-5,7,9-11H2,1-3H3. The van der Waals surface area contributed by atoms with E-state index in [4.69, 9.17) is 9.47 Å². The number of hydrogen-bond donors (Lipinski definition) is 0. The van der Waals surface area contributed by atoms with Crippen LogP contribution < -0.4 is 4.90 Å². The molecule has 0 spiro atoms. The summed E-state index contributed by atoms with van der Waals surface area (Å²) in [5, 5.41) is 0. The van der Waals surface area contributed by atoms with Gasteiger partial charge in [0.25, 0.3) is 0 Å². The monoisotopic (exact) mass is 293 g/mol. The van der Waals surface area contributed by atoms with E-state index >= 15 is 0 Å². The van der Waals surface area contributed by atoms with Gasteiger partial charge in [0.2, 0.25) is 5.95 Å². The maximum absolute atomic E-state index is 12.4. The lowest BCUT2D eigenvalue weighted by molar-refractivity contribution is -0.159. The van der Waals surface area contributed by atoms with Gasteiger partial charge < -0.3 is 14.4 Å². The maximum Gasteiger partial charge on any atom is 0.316 e. The Labute approximate surface area is 125 Å². The molecular formula is C15H23N3O3. The summed E-state index contributed by atoms with van der Waals surface area (Å²) in [5.41, 5.74) is 0.287. The molecule has 2 rings (SSSR count). The highest BCUT2D eigenvalue weighted by Gasteiger charge is 2.44. The van der Waals surface area contributed by atoms with Crippen LogP contribution in [0.5, 0.6) is 0 Å². The number of piperidine rings is 1. The van der Waals surface area contributed by atoms with E-state index < -0.39 is 5.41 Å². The van der Waals surface area contributed by atoms with Crippen molar-refractivity contribution in [2.75, 3.05) is 38.3 Å². The predicted molar refractivity (Wildman–Crippen MR) is 79.2 cm³/mol. The lowest BCUT2D eigenvalue weighted by Crippen LogP contribution is -2.51. The zero-order valence-electron chi connectivity index (χ0n) is 13.0. The maximum atomic E-state index is 12.4. The fraction of sp³-hybridized carbons (Fsp3) is 0.667. The summed E-state index contributed by atoms with van der Waals surface area (Å²) in [7, 11) is 1.61. The van der Waals surface area contributed by atoms with Gasteiger partial charge in [0, 0.05) is 32.1 Å². The minimum atomic E-state index is -0.629. The van der Waals surface area contributed by atoms with Crippen LogP contribution >= 0.6 is 0 Å². The van der Waals surface area contributed by atoms with E-state index in [0.29, 0.717) is 25.7 Å². The van der Waals surface area contributed by atoms with Gasteiger partial charge in [0.1, 0.15) is 5.41 Å². The largest absolute Gasteiger partial charge is 0.465 e. The van der Waals surface area contributed by atoms with Gasteiger partial charge in [-0.05, 0) is 32.8 Å². The molecule has 0 amide bonds. The van der Waals surface area contributed by atoms with Gasteiger partial charge in [-0.1, -0.05) is 0 Å². The molecule has 6 heteroatoms. The van der Waals surface area contributed by atoms with Crippen molar-refractivity contribution in [1.29, 1.82) is 0 Å². The molecule has 1 aromatic heterocycles. The van der Waals surface area contributed by atoms with Crippen LogP contribution in [0.4, 0.5) is 5.95 Å². The number of ether oxygens (including phenoxy) is 2. The van der Waals surface area contributed by atoms with E-state index in [1.165, 1.54) is 0 Å². The van der Waals surface area contributed by atoms with Gasteiger partial charge in [-0.25, -0.2) is 9.97 Å². The highest BCUT2D eigenvalue weighted by atomic mass is 16.5. The molecule has 0 aliphatic carbocycles. The van der Waals surface area contributed by atoms with E-state index in [1.54, 1.807) is 13.3 Å². The van der Waals surface area contributed by atoms with Crippen molar-refractivity contribution in [2.24, 2.45) is 5.41 Å². The van der Waals surface area contributed by atoms with Crippen LogP contribution in [0.25, 0.3) is 0 Å². The lowest BCUT2D eigenvalue weighted by atomic mass is 9.80. The SMILES string of the molecule is CCOC(=O)C1(COC)CCCN(c2nccc(C)n2)C1. The number of rotatable bonds is 5. The third-order valence-corrected chi connectivity index (χ3v) is 3.77. The molecule has 1 fully saturated rings. The number of hydrogen-bond acceptors (Lipinski definition) is 6. The van der Waals surface area contributed by atoms with E-state index in [2.05, 4.69) is 9.97 Å². The molecule has 21 heavy (non-hydrogen) atoms. The smallest absolute Gasteiger partial charge is 0.316 e. The molecule has 1 aromatic rings. The Morgan fingerprint density at radius 3 is 3.00 bits per heavy atom. The molecule has 0 bridgehead atoms. The molecule has 1 saturated heterocycles. The number of aromatic nitrogens is 2. The summed E-state index contributed by atoms with van der Waals surface area (Å²) in [6, 6.07) is 1.86. The quantitative estimate of drug-likeness (QED) is 0.768. The van der Waals surface area contributed by atoms with Crippen LogP contribution in [-0.4, -0.2) is 49.4 Å². The molecular weight excluding hydrogens is 270 g/mol. The van der Waals surface area contributed by atoms with Gasteiger partial charge >= 0.3 is 5.97 Å². The number of carbonyl (C=O) groups is 1. The summed E-state index contributed by atoms with van der Waals surface area (Å²) < 4.78 is 10.6. The van der Waals surface area contributed by atoms with Crippen LogP contribution in [0.2, 0.25) is 0 Å². The summed E-state index contributed by atoms with van der Waals surface area (Å²) >= 11 is 0. The molecule has 1 aliphatic heterocycles. The Morgan fingerprint density at radius 1 is 1.52 bits per heavy atom. The Morgan fingerprint density at radius 2 is 2.33 bits per heavy atom. The second-order valence-corrected chi connectivity index (χ2v) is 5.46. The number of carbonyl (C=O) groups excluding carboxylic acids is 1. The number of esters is 1. The summed E-state index contributed by atoms with van der Waals surface area (Å²) in [4.78, 5) is 23.2. The van der Waals surface area contributed by atoms with Gasteiger partial charge in [-0.2, -0.15) is 0 Å². The van der Waals surface area contributed by atoms with E-state index in [9.17, 15) is 4.79 Å². The van der Waals surface area contributed by atoms with Crippen LogP contribution in [0.3, 0.4) is 0 Å². The van der Waals surface area contributed by atoms with Crippen molar-refractivity contribution in [3.8, 4) is 0 Å². The lowest BCUT2D eigenvalue weighted by Gasteiger charge is -2.40. The minimum Gasteiger partial charge on any atom is -0.465 e. The van der Waals surface area contributed by atoms with Gasteiger partial charge in [-0.15, -0.1) is 0 Å². The normalized spacial score (nSPS) is 22.1. The van der Waals surface area contributed by atoms with E-state index in [0.717, 1.165) is 25.1 Å². The number of aryl methyl sites for hydroxylation is 1. The molecule has 1 unspecified atom stereocenters. The first-order chi connectivity index (χ1) is 10.1. The Bertz CT molecular complexity index is 491. The molecule has 0 saturated carbocycles. The predicted octanol–water partition coefficient (Wildman–Crippen LogP) is 1.58. The molecule has 0 aromatic carbocycles. The first-order valence-corrected chi connectivity index (χ1v) is 7.32. The zero-order valence-corrected chi connectivity index (χ0v) is 13.0. The second kappa shape index (κ2) is 6.85. The molecule has 1 aliphatic rings. The number of methoxy groups -OCH3 is 1. The van der Waals surface area contributed by atoms with Gasteiger partial charge in [-0.3, -0.25) is 4.79 Å². The molecule has 6 nitrogen and oxygen atoms in total. The highest BCUT2D eigenvalue weighted by Crippen LogP contribution is 2.33. The molecule has 1 atom stereocenters. The average Bonchev–Trinajstić information content (AvgIpc) is 2.48. The Balaban J connectivity index is 2.22. The van der Waals surface area contributed by atoms with Crippen LogP contribution in [0.15, 0.2) is 12.3 Å². The molecule has 116 valence electrons. The topological polar surface area (TPSA) is 64.6 Å². The molecule has 0 N–H and O–H groups in total. The van der Waals surface area contributed by atoms with Crippen molar-refractivity contribution in [2.45, 2.75) is 26.7 Å². The average molecular weight is 293 g/mol. The van der Waals surface area contributed by atoms with E-state index in [-0.39, 0.29) is 5.97 Å². The summed E-state index contributed by atoms with van der Waals surface area (Å²) in [5.74, 6) is 0.476. The first-order valence-electron chi connectivity index (χ1n) is 7.32. The van der Waals surface area contributed by atoms with Gasteiger partial charge in [0.15, 0.2) is 0 Å². The van der Waals surface area contributed by atoms with Crippen LogP contribution in [0.1, 0.15) is 25.5 Å². The van der Waals surface area contributed by atoms with Crippen molar-refractivity contribution in [1.82, 2.24) is 9.97 Å². The minimum absolute atomic E-state index is 0.191. The number of nitrogens with zero attached hydrogens (tertiary/aromatic N) is 3. The highest BCUT2D eigenvalue weighted by molar-refractivity contribution is 5.78. The number of anilines is 1. The van der Waals surface area contributed by atoms with Crippen molar-refractivity contribution in [3.05, 3.63) is 18.0 Å². The second-order valence-electron chi connectivity index (χ2n) is 5.46. The van der Waals surface area contributed by atoms with Crippen molar-refractivity contribution >= 4 is 11.9 Å². The summed E-state index contributed by atoms with van der Waals surface area (Å²) in [6.07, 6.45) is 3.40. The first kappa shape index (κ1) is 15.7. The van der Waals surface area contributed by atoms with Crippen molar-refractivity contribution in [3.63, 3.8) is 0 Å². The third-order valence-electron chi connectivity index (χ3n) is 3.77. The van der Waals surface area contributed by atoms with Gasteiger partial charge in [0.05, 0.1) is 13.2 Å². The fourth-order valence-electron chi connectivity index (χ4n) is 2.79. The van der Waals surface area contributed by atoms with Crippen LogP contribution in [-0.2, 0) is 14.3 Å². The molecule has 2 heterocycles.